The van der Waals surface area contributed by atoms with Crippen LogP contribution in [0.5, 0.6) is 0 Å². The van der Waals surface area contributed by atoms with Gasteiger partial charge in [-0.3, -0.25) is 0 Å². The minimum atomic E-state index is -2.65. The van der Waals surface area contributed by atoms with Gasteiger partial charge in [0, 0.05) is 10.9 Å². The number of alkyl halides is 2. The largest absolute Gasteiger partial charge is 0.319 e. The zero-order valence-electron chi connectivity index (χ0n) is 8.20. The summed E-state index contributed by atoms with van der Waals surface area (Å²) in [7, 11) is 0. The maximum absolute atomic E-state index is 12.5. The lowest BCUT2D eigenvalue weighted by Gasteiger charge is -2.12. The monoisotopic (exact) mass is 242 g/mol. The standard InChI is InChI=1S/C11H9ClF2N2/c12-10-7(9(15)11(13)14)5-6-3-1-2-4-8(6)16-10/h1-5,9,11H,15H2/t9-/m1/s1. The molecule has 1 aromatic carbocycles. The molecule has 1 heterocycles. The predicted molar refractivity (Wildman–Crippen MR) is 59.7 cm³/mol. The maximum Gasteiger partial charge on any atom is 0.257 e. The van der Waals surface area contributed by atoms with E-state index in [4.69, 9.17) is 17.3 Å². The van der Waals surface area contributed by atoms with Crippen LogP contribution in [0.15, 0.2) is 30.3 Å². The molecule has 1 aromatic heterocycles. The molecule has 0 spiro atoms. The Morgan fingerprint density at radius 2 is 1.94 bits per heavy atom. The van der Waals surface area contributed by atoms with Crippen LogP contribution < -0.4 is 5.73 Å². The summed E-state index contributed by atoms with van der Waals surface area (Å²) in [5.41, 5.74) is 6.20. The molecule has 2 rings (SSSR count). The Labute approximate surface area is 96.0 Å². The molecule has 16 heavy (non-hydrogen) atoms. The van der Waals surface area contributed by atoms with Crippen molar-refractivity contribution in [1.29, 1.82) is 0 Å². The van der Waals surface area contributed by atoms with E-state index in [1.54, 1.807) is 30.3 Å². The van der Waals surface area contributed by atoms with E-state index in [0.717, 1.165) is 5.39 Å². The fourth-order valence-electron chi connectivity index (χ4n) is 1.48. The lowest BCUT2D eigenvalue weighted by atomic mass is 10.1. The van der Waals surface area contributed by atoms with Crippen LogP contribution in [0.2, 0.25) is 5.15 Å². The molecule has 0 aliphatic heterocycles. The van der Waals surface area contributed by atoms with Gasteiger partial charge in [0.15, 0.2) is 0 Å². The van der Waals surface area contributed by atoms with Crippen molar-refractivity contribution in [2.45, 2.75) is 12.5 Å². The van der Waals surface area contributed by atoms with Crippen molar-refractivity contribution < 1.29 is 8.78 Å². The number of fused-ring (bicyclic) bond motifs is 1. The highest BCUT2D eigenvalue weighted by molar-refractivity contribution is 6.30. The molecule has 0 aliphatic carbocycles. The molecule has 0 saturated heterocycles. The van der Waals surface area contributed by atoms with Crippen LogP contribution in [0.3, 0.4) is 0 Å². The average Bonchev–Trinajstić information content (AvgIpc) is 2.27. The summed E-state index contributed by atoms with van der Waals surface area (Å²) in [6.07, 6.45) is -2.65. The van der Waals surface area contributed by atoms with Gasteiger partial charge in [0.1, 0.15) is 5.15 Å². The van der Waals surface area contributed by atoms with Crippen molar-refractivity contribution in [2.24, 2.45) is 5.73 Å². The highest BCUT2D eigenvalue weighted by Crippen LogP contribution is 2.27. The van der Waals surface area contributed by atoms with Crippen LogP contribution in [0.1, 0.15) is 11.6 Å². The number of para-hydroxylation sites is 1. The molecule has 1 atom stereocenters. The van der Waals surface area contributed by atoms with Gasteiger partial charge in [0.25, 0.3) is 6.43 Å². The number of hydrogen-bond donors (Lipinski definition) is 1. The topological polar surface area (TPSA) is 38.9 Å². The zero-order chi connectivity index (χ0) is 11.7. The van der Waals surface area contributed by atoms with E-state index < -0.39 is 12.5 Å². The van der Waals surface area contributed by atoms with Crippen molar-refractivity contribution in [3.05, 3.63) is 41.0 Å². The van der Waals surface area contributed by atoms with E-state index in [0.29, 0.717) is 5.52 Å². The van der Waals surface area contributed by atoms with Crippen molar-refractivity contribution in [2.75, 3.05) is 0 Å². The average molecular weight is 243 g/mol. The van der Waals surface area contributed by atoms with Crippen LogP contribution in [-0.4, -0.2) is 11.4 Å². The Bertz CT molecular complexity index is 516. The van der Waals surface area contributed by atoms with E-state index >= 15 is 0 Å². The van der Waals surface area contributed by atoms with Crippen LogP contribution in [0, 0.1) is 0 Å². The van der Waals surface area contributed by atoms with E-state index in [9.17, 15) is 8.78 Å². The Morgan fingerprint density at radius 1 is 1.25 bits per heavy atom. The van der Waals surface area contributed by atoms with Gasteiger partial charge < -0.3 is 5.73 Å². The number of nitrogens with zero attached hydrogens (tertiary/aromatic N) is 1. The van der Waals surface area contributed by atoms with Gasteiger partial charge in [-0.1, -0.05) is 29.8 Å². The molecule has 0 bridgehead atoms. The Balaban J connectivity index is 2.58. The van der Waals surface area contributed by atoms with Gasteiger partial charge in [0.05, 0.1) is 11.6 Å². The first kappa shape index (κ1) is 11.2. The van der Waals surface area contributed by atoms with Crippen molar-refractivity contribution >= 4 is 22.5 Å². The molecular weight excluding hydrogens is 234 g/mol. The molecule has 5 heteroatoms. The van der Waals surface area contributed by atoms with E-state index in [1.165, 1.54) is 0 Å². The van der Waals surface area contributed by atoms with Gasteiger partial charge >= 0.3 is 0 Å². The van der Waals surface area contributed by atoms with Crippen LogP contribution in [0.4, 0.5) is 8.78 Å². The summed E-state index contributed by atoms with van der Waals surface area (Å²) < 4.78 is 25.0. The molecule has 0 aliphatic rings. The first-order chi connectivity index (χ1) is 7.59. The second kappa shape index (κ2) is 4.31. The Hall–Kier alpha value is -1.26. The molecule has 2 aromatic rings. The second-order valence-electron chi connectivity index (χ2n) is 3.42. The van der Waals surface area contributed by atoms with Gasteiger partial charge in [-0.2, -0.15) is 0 Å². The van der Waals surface area contributed by atoms with Gasteiger partial charge in [-0.15, -0.1) is 0 Å². The minimum Gasteiger partial charge on any atom is -0.319 e. The third-order valence-corrected chi connectivity index (χ3v) is 2.64. The van der Waals surface area contributed by atoms with Gasteiger partial charge in [-0.05, 0) is 12.1 Å². The Morgan fingerprint density at radius 3 is 2.62 bits per heavy atom. The van der Waals surface area contributed by atoms with E-state index in [1.807, 2.05) is 0 Å². The summed E-state index contributed by atoms with van der Waals surface area (Å²) in [6.45, 7) is 0. The summed E-state index contributed by atoms with van der Waals surface area (Å²) in [5, 5.41) is 0.782. The predicted octanol–water partition coefficient (Wildman–Crippen LogP) is 3.15. The Kier molecular flexibility index (Phi) is 3.03. The third kappa shape index (κ3) is 1.99. The summed E-state index contributed by atoms with van der Waals surface area (Å²) in [6, 6.07) is 7.30. The maximum atomic E-state index is 12.5. The second-order valence-corrected chi connectivity index (χ2v) is 3.78. The van der Waals surface area contributed by atoms with Crippen molar-refractivity contribution in [1.82, 2.24) is 4.98 Å². The molecular formula is C11H9ClF2N2. The first-order valence-electron chi connectivity index (χ1n) is 4.68. The molecule has 0 radical (unpaired) electrons. The lowest BCUT2D eigenvalue weighted by molar-refractivity contribution is 0.116. The summed E-state index contributed by atoms with van der Waals surface area (Å²) in [4.78, 5) is 4.03. The van der Waals surface area contributed by atoms with Crippen molar-refractivity contribution in [3.8, 4) is 0 Å². The molecule has 84 valence electrons. The fraction of sp³-hybridized carbons (Fsp3) is 0.182. The quantitative estimate of drug-likeness (QED) is 0.822. The molecule has 0 fully saturated rings. The normalized spacial score (nSPS) is 13.3. The SMILES string of the molecule is N[C@H](c1cc2ccccc2nc1Cl)C(F)F. The minimum absolute atomic E-state index is 0.0338. The molecule has 0 amide bonds. The molecule has 0 unspecified atom stereocenters. The van der Waals surface area contributed by atoms with Gasteiger partial charge in [0.2, 0.25) is 0 Å². The van der Waals surface area contributed by atoms with Crippen LogP contribution in [-0.2, 0) is 0 Å². The number of aromatic nitrogens is 1. The van der Waals surface area contributed by atoms with Crippen LogP contribution >= 0.6 is 11.6 Å². The molecule has 2 nitrogen and oxygen atoms in total. The number of pyridine rings is 1. The van der Waals surface area contributed by atoms with E-state index in [-0.39, 0.29) is 10.7 Å². The lowest BCUT2D eigenvalue weighted by Crippen LogP contribution is -2.19. The highest BCUT2D eigenvalue weighted by atomic mass is 35.5. The number of halogens is 3. The smallest absolute Gasteiger partial charge is 0.257 e. The summed E-state index contributed by atoms with van der Waals surface area (Å²) >= 11 is 5.82. The van der Waals surface area contributed by atoms with Crippen LogP contribution in [0.25, 0.3) is 10.9 Å². The van der Waals surface area contributed by atoms with Crippen molar-refractivity contribution in [3.63, 3.8) is 0 Å². The highest BCUT2D eigenvalue weighted by Gasteiger charge is 2.21. The number of rotatable bonds is 2. The van der Waals surface area contributed by atoms with Gasteiger partial charge in [-0.25, -0.2) is 13.8 Å². The number of benzene rings is 1. The number of hydrogen-bond acceptors (Lipinski definition) is 2. The third-order valence-electron chi connectivity index (χ3n) is 2.34. The zero-order valence-corrected chi connectivity index (χ0v) is 8.96. The number of nitrogens with two attached hydrogens (primary N) is 1. The van der Waals surface area contributed by atoms with E-state index in [2.05, 4.69) is 4.98 Å². The first-order valence-corrected chi connectivity index (χ1v) is 5.06. The molecule has 0 saturated carbocycles. The molecule has 2 N–H and O–H groups in total. The summed E-state index contributed by atoms with van der Waals surface area (Å²) in [5.74, 6) is 0. The fourth-order valence-corrected chi connectivity index (χ4v) is 1.75.